The normalized spacial score (nSPS) is 22.0. The molecule has 2 N–H and O–H groups in total. The molecule has 7 nitrogen and oxygen atoms in total. The van der Waals surface area contributed by atoms with Crippen LogP contribution in [0.5, 0.6) is 0 Å². The second kappa shape index (κ2) is 6.69. The first-order valence-electron chi connectivity index (χ1n) is 9.86. The number of nitrogens with zero attached hydrogens (tertiary/aromatic N) is 2. The second-order valence-electron chi connectivity index (χ2n) is 8.09. The average Bonchev–Trinajstić information content (AvgIpc) is 3.28. The van der Waals surface area contributed by atoms with Gasteiger partial charge in [0.05, 0.1) is 5.41 Å². The summed E-state index contributed by atoms with van der Waals surface area (Å²) in [5.41, 5.74) is -0.327. The van der Waals surface area contributed by atoms with Crippen LogP contribution in [-0.4, -0.2) is 22.1 Å². The molecule has 2 aromatic carbocycles. The molecule has 1 unspecified atom stereocenters. The minimum atomic E-state index is -1.16. The lowest BCUT2D eigenvalue weighted by molar-refractivity contribution is -0.123. The number of carbonyl (C=O) groups is 2. The largest absolute Gasteiger partial charge is 0.338 e. The summed E-state index contributed by atoms with van der Waals surface area (Å²) in [4.78, 5) is 28.1. The molecule has 31 heavy (non-hydrogen) atoms. The van der Waals surface area contributed by atoms with Gasteiger partial charge in [-0.1, -0.05) is 41.9 Å². The number of nitrogens with one attached hydrogen (secondary N) is 2. The number of carbonyl (C=O) groups excluding carboxylic acids is 2. The summed E-state index contributed by atoms with van der Waals surface area (Å²) in [7, 11) is 0. The SMILES string of the molecule is CC1(c2ccc(-c3noc(C4(c5ccc(F)cc5F)CCC4)n3)cc2)NC(=O)NC1=O. The van der Waals surface area contributed by atoms with Crippen molar-refractivity contribution >= 4 is 11.9 Å². The number of urea groups is 1. The van der Waals surface area contributed by atoms with E-state index in [1.54, 1.807) is 31.2 Å². The van der Waals surface area contributed by atoms with Crippen molar-refractivity contribution in [2.45, 2.75) is 37.1 Å². The first kappa shape index (κ1) is 19.3. The van der Waals surface area contributed by atoms with Gasteiger partial charge in [0.1, 0.15) is 17.2 Å². The first-order valence-corrected chi connectivity index (χ1v) is 9.86. The fourth-order valence-corrected chi connectivity index (χ4v) is 4.24. The Bertz CT molecular complexity index is 1200. The van der Waals surface area contributed by atoms with E-state index >= 15 is 0 Å². The van der Waals surface area contributed by atoms with E-state index in [1.165, 1.54) is 12.1 Å². The van der Waals surface area contributed by atoms with Crippen LogP contribution < -0.4 is 10.6 Å². The third-order valence-corrected chi connectivity index (χ3v) is 6.25. The van der Waals surface area contributed by atoms with Gasteiger partial charge in [-0.05, 0) is 31.4 Å². The van der Waals surface area contributed by atoms with Crippen molar-refractivity contribution in [3.8, 4) is 11.4 Å². The van der Waals surface area contributed by atoms with E-state index in [4.69, 9.17) is 4.52 Å². The Balaban J connectivity index is 1.46. The molecule has 2 aliphatic rings. The summed E-state index contributed by atoms with van der Waals surface area (Å²) in [6, 6.07) is 9.84. The first-order chi connectivity index (χ1) is 14.8. The molecule has 3 aromatic rings. The van der Waals surface area contributed by atoms with E-state index in [0.29, 0.717) is 35.4 Å². The molecule has 2 heterocycles. The topological polar surface area (TPSA) is 97.1 Å². The molecule has 1 atom stereocenters. The lowest BCUT2D eigenvalue weighted by Crippen LogP contribution is -2.40. The monoisotopic (exact) mass is 424 g/mol. The molecule has 3 amide bonds. The molecule has 0 spiro atoms. The Labute approximate surface area is 175 Å². The van der Waals surface area contributed by atoms with Gasteiger partial charge in [-0.15, -0.1) is 0 Å². The molecule has 2 fully saturated rings. The van der Waals surface area contributed by atoms with E-state index in [2.05, 4.69) is 20.8 Å². The number of hydrogen-bond acceptors (Lipinski definition) is 5. The van der Waals surface area contributed by atoms with Crippen LogP contribution in [0.15, 0.2) is 47.0 Å². The van der Waals surface area contributed by atoms with Gasteiger partial charge >= 0.3 is 6.03 Å². The quantitative estimate of drug-likeness (QED) is 0.625. The van der Waals surface area contributed by atoms with Gasteiger partial charge in [-0.3, -0.25) is 10.1 Å². The maximum atomic E-state index is 14.5. The smallest absolute Gasteiger partial charge is 0.322 e. The van der Waals surface area contributed by atoms with Gasteiger partial charge in [-0.2, -0.15) is 4.98 Å². The molecular weight excluding hydrogens is 406 g/mol. The lowest BCUT2D eigenvalue weighted by Gasteiger charge is -2.38. The molecular formula is C22H18F2N4O3. The molecule has 1 saturated carbocycles. The van der Waals surface area contributed by atoms with Crippen LogP contribution in [0.3, 0.4) is 0 Å². The zero-order valence-corrected chi connectivity index (χ0v) is 16.5. The average molecular weight is 424 g/mol. The summed E-state index contributed by atoms with van der Waals surface area (Å²) < 4.78 is 33.3. The summed E-state index contributed by atoms with van der Waals surface area (Å²) in [5, 5.41) is 8.88. The minimum absolute atomic E-state index is 0.290. The summed E-state index contributed by atoms with van der Waals surface area (Å²) in [5.74, 6) is -1.09. The molecule has 0 bridgehead atoms. The van der Waals surface area contributed by atoms with E-state index in [-0.39, 0.29) is 5.89 Å². The van der Waals surface area contributed by atoms with Crippen molar-refractivity contribution < 1.29 is 22.9 Å². The van der Waals surface area contributed by atoms with Crippen LogP contribution in [0, 0.1) is 11.6 Å². The molecule has 5 rings (SSSR count). The highest BCUT2D eigenvalue weighted by Crippen LogP contribution is 2.49. The van der Waals surface area contributed by atoms with Crippen molar-refractivity contribution in [2.75, 3.05) is 0 Å². The highest BCUT2D eigenvalue weighted by atomic mass is 19.1. The summed E-state index contributed by atoms with van der Waals surface area (Å²) >= 11 is 0. The lowest BCUT2D eigenvalue weighted by atomic mass is 9.64. The van der Waals surface area contributed by atoms with Crippen molar-refractivity contribution in [3.63, 3.8) is 0 Å². The zero-order valence-electron chi connectivity index (χ0n) is 16.5. The highest BCUT2D eigenvalue weighted by Gasteiger charge is 2.47. The summed E-state index contributed by atoms with van der Waals surface area (Å²) in [6.07, 6.45) is 2.13. The van der Waals surface area contributed by atoms with Gasteiger partial charge in [0.15, 0.2) is 0 Å². The molecule has 1 aliphatic carbocycles. The number of rotatable bonds is 4. The Hall–Kier alpha value is -3.62. The Morgan fingerprint density at radius 3 is 2.39 bits per heavy atom. The van der Waals surface area contributed by atoms with Gasteiger partial charge in [-0.25, -0.2) is 13.6 Å². The van der Waals surface area contributed by atoms with Gasteiger partial charge < -0.3 is 9.84 Å². The van der Waals surface area contributed by atoms with Crippen molar-refractivity contribution in [2.24, 2.45) is 0 Å². The number of hydrogen-bond donors (Lipinski definition) is 2. The van der Waals surface area contributed by atoms with Crippen LogP contribution >= 0.6 is 0 Å². The Kier molecular flexibility index (Phi) is 4.18. The standard InChI is InChI=1S/C22H18F2N4O3/c1-21(18(29)26-20(30)27-21)13-5-3-12(4-6-13)17-25-19(31-28-17)22(9-2-10-22)15-8-7-14(23)11-16(15)24/h3-8,11H,2,9-10H2,1H3,(H2,26,27,29,30). The Morgan fingerprint density at radius 1 is 1.06 bits per heavy atom. The van der Waals surface area contributed by atoms with Crippen LogP contribution in [-0.2, 0) is 15.7 Å². The van der Waals surface area contributed by atoms with E-state index < -0.39 is 34.5 Å². The molecule has 9 heteroatoms. The fourth-order valence-electron chi connectivity index (χ4n) is 4.24. The number of amides is 3. The Morgan fingerprint density at radius 2 is 1.81 bits per heavy atom. The number of halogens is 2. The molecule has 1 aromatic heterocycles. The van der Waals surface area contributed by atoms with Crippen molar-refractivity contribution in [1.29, 1.82) is 0 Å². The van der Waals surface area contributed by atoms with Crippen LogP contribution in [0.25, 0.3) is 11.4 Å². The van der Waals surface area contributed by atoms with Crippen LogP contribution in [0.1, 0.15) is 43.2 Å². The fraction of sp³-hybridized carbons (Fsp3) is 0.273. The third-order valence-electron chi connectivity index (χ3n) is 6.25. The van der Waals surface area contributed by atoms with Crippen molar-refractivity contribution in [1.82, 2.24) is 20.8 Å². The van der Waals surface area contributed by atoms with E-state index in [0.717, 1.165) is 12.5 Å². The van der Waals surface area contributed by atoms with E-state index in [9.17, 15) is 18.4 Å². The summed E-state index contributed by atoms with van der Waals surface area (Å²) in [6.45, 7) is 1.62. The second-order valence-corrected chi connectivity index (χ2v) is 8.09. The van der Waals surface area contributed by atoms with Crippen molar-refractivity contribution in [3.05, 3.63) is 71.1 Å². The molecule has 0 radical (unpaired) electrons. The maximum Gasteiger partial charge on any atom is 0.322 e. The minimum Gasteiger partial charge on any atom is -0.338 e. The molecule has 158 valence electrons. The van der Waals surface area contributed by atoms with E-state index in [1.807, 2.05) is 0 Å². The number of aromatic nitrogens is 2. The zero-order chi connectivity index (χ0) is 21.8. The highest BCUT2D eigenvalue weighted by molar-refractivity contribution is 6.07. The van der Waals surface area contributed by atoms with Gasteiger partial charge in [0, 0.05) is 17.2 Å². The van der Waals surface area contributed by atoms with Crippen LogP contribution in [0.2, 0.25) is 0 Å². The molecule has 1 aliphatic heterocycles. The molecule has 1 saturated heterocycles. The van der Waals surface area contributed by atoms with Crippen LogP contribution in [0.4, 0.5) is 13.6 Å². The van der Waals surface area contributed by atoms with Gasteiger partial charge in [0.2, 0.25) is 11.7 Å². The van der Waals surface area contributed by atoms with Gasteiger partial charge in [0.25, 0.3) is 5.91 Å². The third kappa shape index (κ3) is 2.91. The maximum absolute atomic E-state index is 14.5. The number of imide groups is 1. The predicted molar refractivity (Wildman–Crippen MR) is 105 cm³/mol. The number of benzene rings is 2. The predicted octanol–water partition coefficient (Wildman–Crippen LogP) is 3.54.